The molecule has 1 fully saturated rings. The summed E-state index contributed by atoms with van der Waals surface area (Å²) in [6.45, 7) is 0.235. The van der Waals surface area contributed by atoms with Crippen LogP contribution in [0.25, 0.3) is 11.2 Å². The summed E-state index contributed by atoms with van der Waals surface area (Å²) in [5.41, 5.74) is 6.31. The zero-order chi connectivity index (χ0) is 26.1. The summed E-state index contributed by atoms with van der Waals surface area (Å²) < 4.78 is 13.2. The van der Waals surface area contributed by atoms with Gasteiger partial charge in [0.1, 0.15) is 18.3 Å². The summed E-state index contributed by atoms with van der Waals surface area (Å²) in [7, 11) is 0. The molecule has 4 atom stereocenters. The lowest BCUT2D eigenvalue weighted by atomic mass is 10.1. The standard InChI is InChI=1S/C24H28N6O7/c25-24-27-19-16(20(33)28-24)26-12-30(19)23-18(17(32)15(11-31)37-23)36-10-6-2-1-5-9-29-21(34)13-7-3-4-8-14(13)22(29)35/h3-4,7-8,12,15,17-18,23,31-32H,1-2,5-6,9-11H2,(H3,25,27,28,33)/t15-,17?,18?,23-/m1/s1. The summed E-state index contributed by atoms with van der Waals surface area (Å²) in [5.74, 6) is -0.599. The molecule has 2 aliphatic heterocycles. The van der Waals surface area contributed by atoms with Crippen LogP contribution in [0.3, 0.4) is 0 Å². The highest BCUT2D eigenvalue weighted by Crippen LogP contribution is 2.33. The van der Waals surface area contributed by atoms with Gasteiger partial charge in [-0.3, -0.25) is 28.8 Å². The van der Waals surface area contributed by atoms with Gasteiger partial charge in [0.05, 0.1) is 24.1 Å². The van der Waals surface area contributed by atoms with Crippen LogP contribution in [0.15, 0.2) is 35.4 Å². The van der Waals surface area contributed by atoms with E-state index >= 15 is 0 Å². The minimum Gasteiger partial charge on any atom is -0.394 e. The molecular formula is C24H28N6O7. The highest BCUT2D eigenvalue weighted by molar-refractivity contribution is 6.21. The van der Waals surface area contributed by atoms with Crippen molar-refractivity contribution in [2.75, 3.05) is 25.5 Å². The van der Waals surface area contributed by atoms with E-state index in [9.17, 15) is 24.6 Å². The number of nitrogen functional groups attached to an aromatic ring is 1. The van der Waals surface area contributed by atoms with Gasteiger partial charge < -0.3 is 25.4 Å². The van der Waals surface area contributed by atoms with E-state index in [1.54, 1.807) is 24.3 Å². The smallest absolute Gasteiger partial charge is 0.280 e. The minimum atomic E-state index is -1.11. The third-order valence-corrected chi connectivity index (χ3v) is 6.68. The van der Waals surface area contributed by atoms with Gasteiger partial charge in [-0.15, -0.1) is 0 Å². The predicted molar refractivity (Wildman–Crippen MR) is 130 cm³/mol. The van der Waals surface area contributed by atoms with Crippen molar-refractivity contribution < 1.29 is 29.3 Å². The van der Waals surface area contributed by atoms with Crippen LogP contribution in [0.5, 0.6) is 0 Å². The molecule has 13 nitrogen and oxygen atoms in total. The average Bonchev–Trinajstić information content (AvgIpc) is 3.52. The van der Waals surface area contributed by atoms with E-state index in [1.165, 1.54) is 15.8 Å². The Kier molecular flexibility index (Phi) is 7.02. The number of imide groups is 1. The number of aromatic nitrogens is 4. The number of aromatic amines is 1. The molecule has 0 bridgehead atoms. The number of ether oxygens (including phenoxy) is 2. The van der Waals surface area contributed by atoms with Crippen molar-refractivity contribution >= 4 is 28.9 Å². The molecule has 5 rings (SSSR count). The summed E-state index contributed by atoms with van der Waals surface area (Å²) in [6.07, 6.45) is 0.542. The molecule has 196 valence electrons. The third-order valence-electron chi connectivity index (χ3n) is 6.68. The zero-order valence-corrected chi connectivity index (χ0v) is 19.9. The Hall–Kier alpha value is -3.65. The van der Waals surface area contributed by atoms with E-state index in [2.05, 4.69) is 15.0 Å². The Balaban J connectivity index is 1.13. The van der Waals surface area contributed by atoms with Crippen molar-refractivity contribution in [3.05, 3.63) is 52.1 Å². The van der Waals surface area contributed by atoms with Gasteiger partial charge in [0.2, 0.25) is 5.95 Å². The number of fused-ring (bicyclic) bond motifs is 2. The van der Waals surface area contributed by atoms with Gasteiger partial charge >= 0.3 is 0 Å². The van der Waals surface area contributed by atoms with E-state index in [1.807, 2.05) is 0 Å². The molecule has 2 aliphatic rings. The normalized spacial score (nSPS) is 23.4. The number of nitrogens with zero attached hydrogens (tertiary/aromatic N) is 4. The summed E-state index contributed by atoms with van der Waals surface area (Å²) in [5, 5.41) is 20.3. The molecule has 4 heterocycles. The Morgan fingerprint density at radius 2 is 1.78 bits per heavy atom. The van der Waals surface area contributed by atoms with Crippen molar-refractivity contribution in [2.45, 2.75) is 50.2 Å². The quantitative estimate of drug-likeness (QED) is 0.216. The molecule has 0 spiro atoms. The van der Waals surface area contributed by atoms with Crippen molar-refractivity contribution in [2.24, 2.45) is 0 Å². The van der Waals surface area contributed by atoms with E-state index in [0.29, 0.717) is 37.1 Å². The molecule has 3 aromatic rings. The Bertz CT molecular complexity index is 1340. The molecule has 37 heavy (non-hydrogen) atoms. The molecule has 2 amide bonds. The number of imidazole rings is 1. The van der Waals surface area contributed by atoms with Crippen molar-refractivity contribution in [3.63, 3.8) is 0 Å². The van der Waals surface area contributed by atoms with Crippen LogP contribution in [0.2, 0.25) is 0 Å². The number of carbonyl (C=O) groups excluding carboxylic acids is 2. The Morgan fingerprint density at radius 3 is 2.49 bits per heavy atom. The topological polar surface area (TPSA) is 186 Å². The average molecular weight is 513 g/mol. The molecule has 0 radical (unpaired) electrons. The fraction of sp³-hybridized carbons (Fsp3) is 0.458. The fourth-order valence-electron chi connectivity index (χ4n) is 4.79. The van der Waals surface area contributed by atoms with Crippen LogP contribution < -0.4 is 11.3 Å². The SMILES string of the molecule is Nc1nc2c(ncn2[C@@H]2O[C@H](CO)C(O)C2OCCCCCCN2C(=O)c3ccccc3C2=O)c(=O)[nH]1. The van der Waals surface area contributed by atoms with Gasteiger partial charge in [0.15, 0.2) is 17.4 Å². The number of carbonyl (C=O) groups is 2. The first kappa shape index (κ1) is 25.0. The first-order valence-electron chi connectivity index (χ1n) is 12.1. The van der Waals surface area contributed by atoms with Gasteiger partial charge in [-0.25, -0.2) is 4.98 Å². The lowest BCUT2D eigenvalue weighted by molar-refractivity contribution is -0.0711. The fourth-order valence-corrected chi connectivity index (χ4v) is 4.79. The molecule has 1 aromatic carbocycles. The number of hydrogen-bond donors (Lipinski definition) is 4. The number of nitrogens with two attached hydrogens (primary N) is 1. The van der Waals surface area contributed by atoms with Crippen molar-refractivity contribution in [3.8, 4) is 0 Å². The molecule has 5 N–H and O–H groups in total. The Labute approximate surface area is 210 Å². The zero-order valence-electron chi connectivity index (χ0n) is 19.9. The predicted octanol–water partition coefficient (Wildman–Crippen LogP) is 0.194. The number of anilines is 1. The number of aliphatic hydroxyl groups excluding tert-OH is 2. The van der Waals surface area contributed by atoms with E-state index in [0.717, 1.165) is 12.8 Å². The van der Waals surface area contributed by atoms with Crippen LogP contribution in [0.1, 0.15) is 52.6 Å². The monoisotopic (exact) mass is 512 g/mol. The molecule has 0 aliphatic carbocycles. The number of amides is 2. The van der Waals surface area contributed by atoms with Crippen LogP contribution in [-0.2, 0) is 9.47 Å². The number of aliphatic hydroxyl groups is 2. The second-order valence-corrected chi connectivity index (χ2v) is 9.07. The highest BCUT2D eigenvalue weighted by atomic mass is 16.6. The second-order valence-electron chi connectivity index (χ2n) is 9.07. The number of nitrogens with one attached hydrogen (secondary N) is 1. The Morgan fingerprint density at radius 1 is 1.08 bits per heavy atom. The first-order valence-corrected chi connectivity index (χ1v) is 12.1. The van der Waals surface area contributed by atoms with Crippen molar-refractivity contribution in [1.82, 2.24) is 24.4 Å². The molecule has 13 heteroatoms. The maximum absolute atomic E-state index is 12.4. The van der Waals surface area contributed by atoms with Gasteiger partial charge in [0, 0.05) is 13.2 Å². The van der Waals surface area contributed by atoms with Gasteiger partial charge in [-0.05, 0) is 25.0 Å². The number of H-pyrrole nitrogens is 1. The van der Waals surface area contributed by atoms with Gasteiger partial charge in [-0.1, -0.05) is 25.0 Å². The first-order chi connectivity index (χ1) is 17.9. The lowest BCUT2D eigenvalue weighted by Gasteiger charge is -2.22. The minimum absolute atomic E-state index is 0.0663. The lowest BCUT2D eigenvalue weighted by Crippen LogP contribution is -2.35. The van der Waals surface area contributed by atoms with E-state index in [4.69, 9.17) is 15.2 Å². The maximum atomic E-state index is 12.4. The van der Waals surface area contributed by atoms with Crippen LogP contribution in [0.4, 0.5) is 5.95 Å². The molecule has 2 aromatic heterocycles. The highest BCUT2D eigenvalue weighted by Gasteiger charge is 2.46. The number of hydrogen-bond acceptors (Lipinski definition) is 10. The van der Waals surface area contributed by atoms with Crippen LogP contribution in [0, 0.1) is 0 Å². The van der Waals surface area contributed by atoms with Crippen LogP contribution in [-0.4, -0.2) is 84.5 Å². The van der Waals surface area contributed by atoms with Gasteiger partial charge in [0.25, 0.3) is 17.4 Å². The number of benzene rings is 1. The largest absolute Gasteiger partial charge is 0.394 e. The molecular weight excluding hydrogens is 484 g/mol. The molecule has 0 saturated carbocycles. The summed E-state index contributed by atoms with van der Waals surface area (Å²) in [6, 6.07) is 6.82. The van der Waals surface area contributed by atoms with Gasteiger partial charge in [-0.2, -0.15) is 4.98 Å². The second kappa shape index (κ2) is 10.4. The van der Waals surface area contributed by atoms with Crippen LogP contribution >= 0.6 is 0 Å². The van der Waals surface area contributed by atoms with Crippen molar-refractivity contribution in [1.29, 1.82) is 0 Å². The van der Waals surface area contributed by atoms with E-state index < -0.39 is 36.7 Å². The number of rotatable bonds is 10. The summed E-state index contributed by atoms with van der Waals surface area (Å²) in [4.78, 5) is 48.9. The van der Waals surface area contributed by atoms with E-state index in [-0.39, 0.29) is 28.9 Å². The number of unbranched alkanes of at least 4 members (excludes halogenated alkanes) is 3. The molecule has 1 saturated heterocycles. The third kappa shape index (κ3) is 4.62. The summed E-state index contributed by atoms with van der Waals surface area (Å²) >= 11 is 0. The molecule has 2 unspecified atom stereocenters. The maximum Gasteiger partial charge on any atom is 0.280 e.